The Morgan fingerprint density at radius 2 is 1.92 bits per heavy atom. The van der Waals surface area contributed by atoms with Gasteiger partial charge < -0.3 is 4.74 Å². The van der Waals surface area contributed by atoms with Crippen molar-refractivity contribution in [2.45, 2.75) is 4.90 Å². The van der Waals surface area contributed by atoms with Crippen LogP contribution in [0.25, 0.3) is 0 Å². The number of methoxy groups -OCH3 is 1. The fourth-order valence-electron chi connectivity index (χ4n) is 1.99. The van der Waals surface area contributed by atoms with E-state index in [1.54, 1.807) is 24.3 Å². The number of sulfonamides is 1. The average molecular weight is 396 g/mol. The van der Waals surface area contributed by atoms with E-state index in [2.05, 4.69) is 15.3 Å². The first-order chi connectivity index (χ1) is 12.2. The lowest BCUT2D eigenvalue weighted by atomic mass is 10.1. The minimum absolute atomic E-state index is 0.00294. The van der Waals surface area contributed by atoms with Gasteiger partial charge in [0.05, 0.1) is 23.9 Å². The number of ether oxygens (including phenoxy) is 1. The molecule has 0 fully saturated rings. The minimum Gasteiger partial charge on any atom is -0.465 e. The second-order valence-electron chi connectivity index (χ2n) is 4.97. The van der Waals surface area contributed by atoms with Crippen molar-refractivity contribution in [3.8, 4) is 0 Å². The second kappa shape index (κ2) is 8.09. The summed E-state index contributed by atoms with van der Waals surface area (Å²) in [5.41, 5.74) is 2.93. The molecule has 2 aromatic carbocycles. The molecule has 2 rings (SSSR count). The Bertz CT molecular complexity index is 989. The molecule has 0 radical (unpaired) electrons. The van der Waals surface area contributed by atoms with E-state index >= 15 is 0 Å². The molecule has 3 N–H and O–H groups in total. The van der Waals surface area contributed by atoms with Crippen molar-refractivity contribution in [2.24, 2.45) is 10.2 Å². The van der Waals surface area contributed by atoms with Crippen LogP contribution in [0.1, 0.15) is 26.3 Å². The van der Waals surface area contributed by atoms with Crippen LogP contribution in [0, 0.1) is 0 Å². The molecule has 0 bridgehead atoms. The molecule has 0 aliphatic rings. The standard InChI is InChI=1S/C16H14ClN3O5S/c1-25-16(22)12-5-3-2-4-11(12)9-19-20-15(21)10-6-7-13(17)14(8-10)26(18,23)24/h2-9H,1H3,(H,20,21)(H2,18,23,24)/b19-9-. The molecule has 0 atom stereocenters. The summed E-state index contributed by atoms with van der Waals surface area (Å²) in [7, 11) is -2.82. The van der Waals surface area contributed by atoms with Crippen molar-refractivity contribution in [3.05, 3.63) is 64.2 Å². The highest BCUT2D eigenvalue weighted by atomic mass is 35.5. The molecule has 8 nitrogen and oxygen atoms in total. The smallest absolute Gasteiger partial charge is 0.338 e. The lowest BCUT2D eigenvalue weighted by Crippen LogP contribution is -2.19. The Balaban J connectivity index is 2.20. The van der Waals surface area contributed by atoms with Gasteiger partial charge in [0.25, 0.3) is 5.91 Å². The highest BCUT2D eigenvalue weighted by Crippen LogP contribution is 2.21. The Morgan fingerprint density at radius 3 is 2.58 bits per heavy atom. The lowest BCUT2D eigenvalue weighted by Gasteiger charge is -2.05. The van der Waals surface area contributed by atoms with Crippen LogP contribution in [0.4, 0.5) is 0 Å². The number of nitrogens with two attached hydrogens (primary N) is 1. The highest BCUT2D eigenvalue weighted by Gasteiger charge is 2.16. The summed E-state index contributed by atoms with van der Waals surface area (Å²) in [6, 6.07) is 10.1. The third-order valence-corrected chi connectivity index (χ3v) is 4.63. The number of nitrogens with zero attached hydrogens (tertiary/aromatic N) is 1. The van der Waals surface area contributed by atoms with Gasteiger partial charge in [0.15, 0.2) is 0 Å². The summed E-state index contributed by atoms with van der Waals surface area (Å²) < 4.78 is 27.6. The SMILES string of the molecule is COC(=O)c1ccccc1/C=N\NC(=O)c1ccc(Cl)c(S(N)(=O)=O)c1. The Labute approximate surface area is 154 Å². The van der Waals surface area contributed by atoms with Gasteiger partial charge in [0.1, 0.15) is 4.90 Å². The molecule has 0 aromatic heterocycles. The third kappa shape index (κ3) is 4.66. The predicted octanol–water partition coefficient (Wildman–Crippen LogP) is 1.54. The number of benzene rings is 2. The predicted molar refractivity (Wildman–Crippen MR) is 95.7 cm³/mol. The van der Waals surface area contributed by atoms with Gasteiger partial charge in [-0.25, -0.2) is 23.8 Å². The topological polar surface area (TPSA) is 128 Å². The van der Waals surface area contributed by atoms with E-state index in [0.29, 0.717) is 5.56 Å². The number of nitrogens with one attached hydrogen (secondary N) is 1. The molecule has 0 heterocycles. The second-order valence-corrected chi connectivity index (χ2v) is 6.91. The molecule has 2 aromatic rings. The first kappa shape index (κ1) is 19.6. The number of rotatable bonds is 5. The zero-order valence-corrected chi connectivity index (χ0v) is 15.0. The Hall–Kier alpha value is -2.75. The number of carbonyl (C=O) groups is 2. The van der Waals surface area contributed by atoms with Gasteiger partial charge in [-0.3, -0.25) is 4.79 Å². The van der Waals surface area contributed by atoms with Crippen LogP contribution in [0.3, 0.4) is 0 Å². The number of carbonyl (C=O) groups excluding carboxylic acids is 2. The van der Waals surface area contributed by atoms with Gasteiger partial charge in [0.2, 0.25) is 10.0 Å². The number of hydrazone groups is 1. The minimum atomic E-state index is -4.07. The van der Waals surface area contributed by atoms with Crippen LogP contribution in [-0.2, 0) is 14.8 Å². The molecule has 0 aliphatic carbocycles. The van der Waals surface area contributed by atoms with E-state index in [1.165, 1.54) is 25.5 Å². The first-order valence-corrected chi connectivity index (χ1v) is 8.99. The summed E-state index contributed by atoms with van der Waals surface area (Å²) in [6.45, 7) is 0. The summed E-state index contributed by atoms with van der Waals surface area (Å²) in [6.07, 6.45) is 1.26. The Morgan fingerprint density at radius 1 is 1.23 bits per heavy atom. The van der Waals surface area contributed by atoms with E-state index in [1.807, 2.05) is 0 Å². The van der Waals surface area contributed by atoms with Crippen LogP contribution < -0.4 is 10.6 Å². The zero-order chi connectivity index (χ0) is 19.3. The largest absolute Gasteiger partial charge is 0.465 e. The zero-order valence-electron chi connectivity index (χ0n) is 13.5. The van der Waals surface area contributed by atoms with E-state index in [4.69, 9.17) is 16.7 Å². The summed E-state index contributed by atoms with van der Waals surface area (Å²) in [5.74, 6) is -1.23. The van der Waals surface area contributed by atoms with Crippen molar-refractivity contribution < 1.29 is 22.7 Å². The number of primary sulfonamides is 1. The van der Waals surface area contributed by atoms with Gasteiger partial charge in [-0.1, -0.05) is 29.8 Å². The summed E-state index contributed by atoms with van der Waals surface area (Å²) >= 11 is 5.77. The number of hydrogen-bond donors (Lipinski definition) is 2. The molecular weight excluding hydrogens is 382 g/mol. The van der Waals surface area contributed by atoms with Gasteiger partial charge in [-0.15, -0.1) is 0 Å². The fourth-order valence-corrected chi connectivity index (χ4v) is 3.06. The maximum Gasteiger partial charge on any atom is 0.338 e. The van der Waals surface area contributed by atoms with Gasteiger partial charge in [-0.05, 0) is 24.3 Å². The maximum absolute atomic E-state index is 12.1. The van der Waals surface area contributed by atoms with E-state index < -0.39 is 21.9 Å². The van der Waals surface area contributed by atoms with Crippen molar-refractivity contribution in [3.63, 3.8) is 0 Å². The normalized spacial score (nSPS) is 11.3. The first-order valence-electron chi connectivity index (χ1n) is 7.07. The van der Waals surface area contributed by atoms with Crippen molar-refractivity contribution in [1.82, 2.24) is 5.43 Å². The van der Waals surface area contributed by atoms with Gasteiger partial charge in [-0.2, -0.15) is 5.10 Å². The van der Waals surface area contributed by atoms with Crippen LogP contribution >= 0.6 is 11.6 Å². The quantitative estimate of drug-likeness (QED) is 0.450. The number of amides is 1. The summed E-state index contributed by atoms with van der Waals surface area (Å²) in [4.78, 5) is 23.4. The molecule has 26 heavy (non-hydrogen) atoms. The molecule has 1 amide bonds. The number of esters is 1. The molecule has 0 saturated carbocycles. The van der Waals surface area contributed by atoms with Crippen LogP contribution in [0.15, 0.2) is 52.5 Å². The molecular formula is C16H14ClN3O5S. The molecule has 0 saturated heterocycles. The highest BCUT2D eigenvalue weighted by molar-refractivity contribution is 7.89. The van der Waals surface area contributed by atoms with E-state index in [9.17, 15) is 18.0 Å². The number of hydrogen-bond acceptors (Lipinski definition) is 6. The lowest BCUT2D eigenvalue weighted by molar-refractivity contribution is 0.0600. The average Bonchev–Trinajstić information content (AvgIpc) is 2.60. The molecule has 10 heteroatoms. The molecule has 0 aliphatic heterocycles. The maximum atomic E-state index is 12.1. The van der Waals surface area contributed by atoms with E-state index in [-0.39, 0.29) is 21.0 Å². The fraction of sp³-hybridized carbons (Fsp3) is 0.0625. The van der Waals surface area contributed by atoms with Gasteiger partial charge in [0, 0.05) is 11.1 Å². The van der Waals surface area contributed by atoms with Crippen molar-refractivity contribution >= 4 is 39.7 Å². The third-order valence-electron chi connectivity index (χ3n) is 3.24. The van der Waals surface area contributed by atoms with Crippen molar-refractivity contribution in [1.29, 1.82) is 0 Å². The molecule has 0 spiro atoms. The molecule has 136 valence electrons. The van der Waals surface area contributed by atoms with Crippen LogP contribution in [-0.4, -0.2) is 33.6 Å². The monoisotopic (exact) mass is 395 g/mol. The van der Waals surface area contributed by atoms with Crippen LogP contribution in [0.5, 0.6) is 0 Å². The van der Waals surface area contributed by atoms with Crippen molar-refractivity contribution in [2.75, 3.05) is 7.11 Å². The number of halogens is 1. The van der Waals surface area contributed by atoms with Crippen LogP contribution in [0.2, 0.25) is 5.02 Å². The van der Waals surface area contributed by atoms with Gasteiger partial charge >= 0.3 is 5.97 Å². The van der Waals surface area contributed by atoms with E-state index in [0.717, 1.165) is 6.07 Å². The molecule has 0 unspecified atom stereocenters. The Kier molecular flexibility index (Phi) is 6.09. The summed E-state index contributed by atoms with van der Waals surface area (Å²) in [5, 5.41) is 8.71.